The van der Waals surface area contributed by atoms with Crippen molar-refractivity contribution in [2.45, 2.75) is 23.3 Å². The van der Waals surface area contributed by atoms with Crippen molar-refractivity contribution < 1.29 is 0 Å². The number of aromatic nitrogens is 1. The minimum absolute atomic E-state index is 0.782. The lowest BCUT2D eigenvalue weighted by Gasteiger charge is -2.03. The van der Waals surface area contributed by atoms with Gasteiger partial charge in [0.15, 0.2) is 0 Å². The Morgan fingerprint density at radius 3 is 2.39 bits per heavy atom. The molecule has 0 saturated carbocycles. The summed E-state index contributed by atoms with van der Waals surface area (Å²) in [5, 5.41) is 0. The molecule has 0 radical (unpaired) electrons. The van der Waals surface area contributed by atoms with E-state index in [0.29, 0.717) is 0 Å². The third-order valence-corrected chi connectivity index (χ3v) is 4.96. The summed E-state index contributed by atoms with van der Waals surface area (Å²) in [6, 6.07) is 6.78. The van der Waals surface area contributed by atoms with Crippen LogP contribution in [0.4, 0.5) is 0 Å². The number of thiol groups is 2. The molecule has 0 unspecified atom stereocenters. The zero-order valence-corrected chi connectivity index (χ0v) is 13.0. The molecule has 18 heavy (non-hydrogen) atoms. The van der Waals surface area contributed by atoms with Gasteiger partial charge in [-0.15, -0.1) is 11.8 Å². The van der Waals surface area contributed by atoms with Crippen molar-refractivity contribution in [2.24, 2.45) is 0 Å². The fourth-order valence-electron chi connectivity index (χ4n) is 2.70. The molecule has 0 bridgehead atoms. The molecule has 0 aliphatic rings. The molecule has 0 N–H and O–H groups in total. The average molecular weight is 293 g/mol. The SMILES string of the molecule is CSc1c(CS)c2cc(C)cc3c(CS)cc1n32. The van der Waals surface area contributed by atoms with Crippen molar-refractivity contribution in [2.75, 3.05) is 6.26 Å². The molecule has 0 aliphatic heterocycles. The maximum atomic E-state index is 4.50. The summed E-state index contributed by atoms with van der Waals surface area (Å²) in [4.78, 5) is 1.36. The number of hydrogen-bond donors (Lipinski definition) is 2. The highest BCUT2D eigenvalue weighted by Crippen LogP contribution is 2.38. The number of thioether (sulfide) groups is 1. The Morgan fingerprint density at radius 1 is 1.06 bits per heavy atom. The normalized spacial score (nSPS) is 12.0. The van der Waals surface area contributed by atoms with Gasteiger partial charge in [0, 0.05) is 22.0 Å². The highest BCUT2D eigenvalue weighted by molar-refractivity contribution is 7.99. The summed E-state index contributed by atoms with van der Waals surface area (Å²) in [6.07, 6.45) is 2.14. The lowest BCUT2D eigenvalue weighted by molar-refractivity contribution is 1.29. The summed E-state index contributed by atoms with van der Waals surface area (Å²) in [5.41, 5.74) is 7.85. The van der Waals surface area contributed by atoms with Gasteiger partial charge in [0.1, 0.15) is 0 Å². The smallest absolute Gasteiger partial charge is 0.0605 e. The summed E-state index contributed by atoms with van der Waals surface area (Å²) < 4.78 is 2.36. The highest BCUT2D eigenvalue weighted by Gasteiger charge is 2.18. The van der Waals surface area contributed by atoms with Gasteiger partial charge in [-0.25, -0.2) is 0 Å². The fraction of sp³-hybridized carbons (Fsp3) is 0.286. The number of rotatable bonds is 3. The first kappa shape index (κ1) is 12.6. The topological polar surface area (TPSA) is 4.41 Å². The molecule has 0 aromatic carbocycles. The first-order valence-electron chi connectivity index (χ1n) is 5.85. The predicted octanol–water partition coefficient (Wildman–Crippen LogP) is 4.42. The van der Waals surface area contributed by atoms with Crippen LogP contribution in [0.3, 0.4) is 0 Å². The highest BCUT2D eigenvalue weighted by atomic mass is 32.2. The monoisotopic (exact) mass is 293 g/mol. The molecule has 0 aliphatic carbocycles. The first-order valence-corrected chi connectivity index (χ1v) is 8.34. The number of pyridine rings is 1. The van der Waals surface area contributed by atoms with Gasteiger partial charge < -0.3 is 4.40 Å². The molecule has 0 amide bonds. The third-order valence-electron chi connectivity index (χ3n) is 3.44. The van der Waals surface area contributed by atoms with E-state index in [1.165, 1.54) is 38.1 Å². The van der Waals surface area contributed by atoms with Crippen molar-refractivity contribution in [3.05, 3.63) is 34.9 Å². The van der Waals surface area contributed by atoms with Crippen molar-refractivity contribution >= 4 is 53.6 Å². The van der Waals surface area contributed by atoms with Gasteiger partial charge in [0.2, 0.25) is 0 Å². The van der Waals surface area contributed by atoms with E-state index in [4.69, 9.17) is 0 Å². The van der Waals surface area contributed by atoms with Crippen LogP contribution in [0.1, 0.15) is 16.7 Å². The fourth-order valence-corrected chi connectivity index (χ4v) is 4.16. The van der Waals surface area contributed by atoms with Crippen LogP contribution in [0.15, 0.2) is 23.1 Å². The molecule has 1 nitrogen and oxygen atoms in total. The lowest BCUT2D eigenvalue weighted by Crippen LogP contribution is -1.88. The van der Waals surface area contributed by atoms with Crippen molar-refractivity contribution in [3.63, 3.8) is 0 Å². The van der Waals surface area contributed by atoms with Gasteiger partial charge in [0.05, 0.1) is 16.6 Å². The van der Waals surface area contributed by atoms with Crippen molar-refractivity contribution in [1.29, 1.82) is 0 Å². The van der Waals surface area contributed by atoms with E-state index in [0.717, 1.165) is 11.5 Å². The van der Waals surface area contributed by atoms with E-state index < -0.39 is 0 Å². The summed E-state index contributed by atoms with van der Waals surface area (Å²) >= 11 is 10.8. The average Bonchev–Trinajstić information content (AvgIpc) is 2.87. The van der Waals surface area contributed by atoms with E-state index in [-0.39, 0.29) is 0 Å². The second kappa shape index (κ2) is 4.58. The van der Waals surface area contributed by atoms with Gasteiger partial charge in [-0.3, -0.25) is 0 Å². The molecule has 4 heteroatoms. The van der Waals surface area contributed by atoms with Gasteiger partial charge in [-0.1, -0.05) is 0 Å². The Bertz CT molecular complexity index is 714. The van der Waals surface area contributed by atoms with Crippen LogP contribution in [0.5, 0.6) is 0 Å². The second-order valence-corrected chi connectivity index (χ2v) is 5.97. The van der Waals surface area contributed by atoms with Crippen LogP contribution in [0.25, 0.3) is 16.6 Å². The molecule has 94 valence electrons. The maximum absolute atomic E-state index is 4.50. The van der Waals surface area contributed by atoms with Crippen molar-refractivity contribution in [1.82, 2.24) is 4.40 Å². The second-order valence-electron chi connectivity index (χ2n) is 4.52. The lowest BCUT2D eigenvalue weighted by atomic mass is 10.1. The maximum Gasteiger partial charge on any atom is 0.0605 e. The van der Waals surface area contributed by atoms with Crippen LogP contribution in [-0.2, 0) is 11.5 Å². The van der Waals surface area contributed by atoms with Gasteiger partial charge >= 0.3 is 0 Å². The van der Waals surface area contributed by atoms with Crippen LogP contribution >= 0.6 is 37.0 Å². The Kier molecular flexibility index (Phi) is 3.20. The molecule has 0 saturated heterocycles. The number of hydrogen-bond acceptors (Lipinski definition) is 3. The van der Waals surface area contributed by atoms with Gasteiger partial charge in [-0.2, -0.15) is 25.3 Å². The predicted molar refractivity (Wildman–Crippen MR) is 88.0 cm³/mol. The van der Waals surface area contributed by atoms with Gasteiger partial charge in [-0.05, 0) is 42.5 Å². The molecule has 3 rings (SSSR count). The molecule has 0 atom stereocenters. The Hall–Kier alpha value is -0.450. The molecule has 0 fully saturated rings. The van der Waals surface area contributed by atoms with E-state index in [9.17, 15) is 0 Å². The molecule has 3 heterocycles. The van der Waals surface area contributed by atoms with E-state index in [1.807, 2.05) is 11.8 Å². The Morgan fingerprint density at radius 2 is 1.78 bits per heavy atom. The largest absolute Gasteiger partial charge is 0.309 e. The van der Waals surface area contributed by atoms with Crippen LogP contribution in [0.2, 0.25) is 0 Å². The third kappa shape index (κ3) is 1.59. The van der Waals surface area contributed by atoms with Crippen LogP contribution in [0, 0.1) is 6.92 Å². The first-order chi connectivity index (χ1) is 8.71. The zero-order chi connectivity index (χ0) is 12.9. The quantitative estimate of drug-likeness (QED) is 0.534. The summed E-state index contributed by atoms with van der Waals surface area (Å²) in [7, 11) is 0. The zero-order valence-electron chi connectivity index (χ0n) is 10.4. The van der Waals surface area contributed by atoms with E-state index in [2.05, 4.69) is 61.0 Å². The van der Waals surface area contributed by atoms with Gasteiger partial charge in [0.25, 0.3) is 0 Å². The molecular weight excluding hydrogens is 278 g/mol. The summed E-state index contributed by atoms with van der Waals surface area (Å²) in [5.74, 6) is 1.57. The van der Waals surface area contributed by atoms with Crippen LogP contribution in [-0.4, -0.2) is 10.7 Å². The Labute approximate surface area is 122 Å². The summed E-state index contributed by atoms with van der Waals surface area (Å²) in [6.45, 7) is 2.15. The van der Waals surface area contributed by atoms with Crippen LogP contribution < -0.4 is 0 Å². The van der Waals surface area contributed by atoms with E-state index >= 15 is 0 Å². The van der Waals surface area contributed by atoms with Crippen molar-refractivity contribution in [3.8, 4) is 0 Å². The number of nitrogens with zero attached hydrogens (tertiary/aromatic N) is 1. The molecular formula is C14H15NS3. The molecule has 3 aromatic heterocycles. The Balaban J connectivity index is 2.55. The standard InChI is InChI=1S/C14H15NS3/c1-8-3-11-9(6-16)5-13-14(18-2)10(7-17)12(4-8)15(11)13/h3-5,16-17H,6-7H2,1-2H3. The molecule has 3 aromatic rings. The minimum Gasteiger partial charge on any atom is -0.309 e. The minimum atomic E-state index is 0.782. The molecule has 0 spiro atoms. The van der Waals surface area contributed by atoms with E-state index in [1.54, 1.807) is 0 Å². The number of aryl methyl sites for hydroxylation is 1.